The van der Waals surface area contributed by atoms with Crippen LogP contribution in [0.5, 0.6) is 0 Å². The van der Waals surface area contributed by atoms with Crippen LogP contribution >= 0.6 is 0 Å². The summed E-state index contributed by atoms with van der Waals surface area (Å²) in [7, 11) is 0. The van der Waals surface area contributed by atoms with Crippen molar-refractivity contribution in [3.05, 3.63) is 59.7 Å². The fourth-order valence-electron chi connectivity index (χ4n) is 4.94. The van der Waals surface area contributed by atoms with Crippen LogP contribution in [-0.2, 0) is 19.1 Å². The van der Waals surface area contributed by atoms with E-state index < -0.39 is 30.4 Å². The lowest BCUT2D eigenvalue weighted by Crippen LogP contribution is -2.53. The number of piperidine rings is 1. The Morgan fingerprint density at radius 3 is 2.37 bits per heavy atom. The normalized spacial score (nSPS) is 17.9. The molecule has 8 nitrogen and oxygen atoms in total. The van der Waals surface area contributed by atoms with Gasteiger partial charge in [-0.25, -0.2) is 4.79 Å². The predicted octanol–water partition coefficient (Wildman–Crippen LogP) is 3.79. The third-order valence-electron chi connectivity index (χ3n) is 6.56. The number of carbonyl (C=O) groups is 3. The minimum atomic E-state index is -1.20. The smallest absolute Gasteiger partial charge is 0.407 e. The summed E-state index contributed by atoms with van der Waals surface area (Å²) in [4.78, 5) is 38.8. The Labute approximate surface area is 205 Å². The van der Waals surface area contributed by atoms with E-state index in [1.54, 1.807) is 4.90 Å². The predicted molar refractivity (Wildman–Crippen MR) is 130 cm³/mol. The molecule has 1 aliphatic heterocycles. The summed E-state index contributed by atoms with van der Waals surface area (Å²) in [6.45, 7) is 3.62. The Hall–Kier alpha value is -3.39. The molecule has 2 N–H and O–H groups in total. The Morgan fingerprint density at radius 1 is 1.09 bits per heavy atom. The number of aliphatic carboxylic acids is 1. The van der Waals surface area contributed by atoms with E-state index in [2.05, 4.69) is 5.32 Å². The van der Waals surface area contributed by atoms with Crippen molar-refractivity contribution in [3.63, 3.8) is 0 Å². The van der Waals surface area contributed by atoms with Gasteiger partial charge in [-0.15, -0.1) is 0 Å². The molecular formula is C27H32N2O6. The van der Waals surface area contributed by atoms with Crippen molar-refractivity contribution in [2.45, 2.75) is 50.7 Å². The van der Waals surface area contributed by atoms with Gasteiger partial charge in [0.15, 0.2) is 0 Å². The Morgan fingerprint density at radius 2 is 1.74 bits per heavy atom. The Balaban J connectivity index is 1.39. The number of carboxylic acid groups (broad SMARTS) is 1. The van der Waals surface area contributed by atoms with Gasteiger partial charge in [0.25, 0.3) is 0 Å². The summed E-state index contributed by atoms with van der Waals surface area (Å²) in [6, 6.07) is 14.8. The summed E-state index contributed by atoms with van der Waals surface area (Å²) < 4.78 is 11.3. The quantitative estimate of drug-likeness (QED) is 0.566. The van der Waals surface area contributed by atoms with Gasteiger partial charge in [-0.05, 0) is 41.5 Å². The second-order valence-corrected chi connectivity index (χ2v) is 9.04. The number of benzene rings is 2. The molecule has 2 unspecified atom stereocenters. The standard InChI is InChI=1S/C27H32N2O6/c1-2-14-34-18-8-7-13-29(16-18)26(32)24(15-25(30)31)28-27(33)35-17-23-21-11-5-3-9-19(21)20-10-4-6-12-22(20)23/h3-6,9-12,18,23-24H,2,7-8,13-17H2,1H3,(H,28,33)(H,30,31). The van der Waals surface area contributed by atoms with Crippen LogP contribution in [-0.4, -0.2) is 66.4 Å². The molecule has 0 bridgehead atoms. The highest BCUT2D eigenvalue weighted by atomic mass is 16.5. The van der Waals surface area contributed by atoms with E-state index in [9.17, 15) is 19.5 Å². The van der Waals surface area contributed by atoms with Gasteiger partial charge in [0.05, 0.1) is 12.5 Å². The van der Waals surface area contributed by atoms with E-state index in [0.717, 1.165) is 41.5 Å². The minimum Gasteiger partial charge on any atom is -0.481 e. The van der Waals surface area contributed by atoms with Crippen molar-refractivity contribution in [2.24, 2.45) is 0 Å². The van der Waals surface area contributed by atoms with Crippen molar-refractivity contribution >= 4 is 18.0 Å². The number of nitrogens with zero attached hydrogens (tertiary/aromatic N) is 1. The molecule has 186 valence electrons. The topological polar surface area (TPSA) is 105 Å². The molecule has 35 heavy (non-hydrogen) atoms. The van der Waals surface area contributed by atoms with Crippen molar-refractivity contribution in [3.8, 4) is 11.1 Å². The molecule has 0 radical (unpaired) electrons. The third kappa shape index (κ3) is 5.82. The monoisotopic (exact) mass is 480 g/mol. The van der Waals surface area contributed by atoms with Crippen molar-refractivity contribution in [2.75, 3.05) is 26.3 Å². The van der Waals surface area contributed by atoms with Gasteiger partial charge in [0.2, 0.25) is 5.91 Å². The SMILES string of the molecule is CCCOC1CCCN(C(=O)C(CC(=O)O)NC(=O)OCC2c3ccccc3-c3ccccc32)C1. The number of hydrogen-bond acceptors (Lipinski definition) is 5. The summed E-state index contributed by atoms with van der Waals surface area (Å²) in [6.07, 6.45) is 1.11. The van der Waals surface area contributed by atoms with Crippen molar-refractivity contribution in [1.82, 2.24) is 10.2 Å². The lowest BCUT2D eigenvalue weighted by atomic mass is 9.98. The third-order valence-corrected chi connectivity index (χ3v) is 6.56. The molecule has 2 aromatic carbocycles. The maximum Gasteiger partial charge on any atom is 0.407 e. The zero-order valence-corrected chi connectivity index (χ0v) is 19.9. The molecule has 0 saturated carbocycles. The van der Waals surface area contributed by atoms with Crippen LogP contribution in [0, 0.1) is 0 Å². The molecule has 4 rings (SSSR count). The Kier molecular flexibility index (Phi) is 8.02. The highest BCUT2D eigenvalue weighted by Crippen LogP contribution is 2.44. The first-order valence-corrected chi connectivity index (χ1v) is 12.2. The van der Waals surface area contributed by atoms with Crippen molar-refractivity contribution < 1.29 is 29.0 Å². The van der Waals surface area contributed by atoms with Gasteiger partial charge in [-0.2, -0.15) is 0 Å². The Bertz CT molecular complexity index is 1030. The highest BCUT2D eigenvalue weighted by Gasteiger charge is 2.33. The lowest BCUT2D eigenvalue weighted by molar-refractivity contribution is -0.144. The summed E-state index contributed by atoms with van der Waals surface area (Å²) in [5, 5.41) is 11.8. The van der Waals surface area contributed by atoms with E-state index >= 15 is 0 Å². The average molecular weight is 481 g/mol. The minimum absolute atomic E-state index is 0.0763. The first-order chi connectivity index (χ1) is 17.0. The number of amides is 2. The second kappa shape index (κ2) is 11.4. The molecule has 1 heterocycles. The number of alkyl carbamates (subject to hydrolysis) is 1. The first kappa shape index (κ1) is 24.7. The summed E-state index contributed by atoms with van der Waals surface area (Å²) in [5.41, 5.74) is 4.37. The first-order valence-electron chi connectivity index (χ1n) is 12.2. The fourth-order valence-corrected chi connectivity index (χ4v) is 4.94. The van der Waals surface area contributed by atoms with E-state index in [-0.39, 0.29) is 18.6 Å². The number of fused-ring (bicyclic) bond motifs is 3. The van der Waals surface area contributed by atoms with Gasteiger partial charge in [0, 0.05) is 25.6 Å². The van der Waals surface area contributed by atoms with Crippen LogP contribution in [0.1, 0.15) is 49.7 Å². The van der Waals surface area contributed by atoms with Gasteiger partial charge in [-0.3, -0.25) is 9.59 Å². The molecule has 1 fully saturated rings. The molecule has 0 aromatic heterocycles. The molecule has 2 amide bonds. The summed E-state index contributed by atoms with van der Waals surface area (Å²) >= 11 is 0. The molecule has 0 spiro atoms. The van der Waals surface area contributed by atoms with Gasteiger partial charge < -0.3 is 24.8 Å². The van der Waals surface area contributed by atoms with Gasteiger partial charge >= 0.3 is 12.1 Å². The number of rotatable bonds is 9. The maximum absolute atomic E-state index is 13.1. The second-order valence-electron chi connectivity index (χ2n) is 9.04. The molecule has 2 aliphatic rings. The number of ether oxygens (including phenoxy) is 2. The molecule has 8 heteroatoms. The maximum atomic E-state index is 13.1. The van der Waals surface area contributed by atoms with E-state index in [4.69, 9.17) is 9.47 Å². The molecular weight excluding hydrogens is 448 g/mol. The fraction of sp³-hybridized carbons (Fsp3) is 0.444. The molecule has 2 atom stereocenters. The number of hydrogen-bond donors (Lipinski definition) is 2. The summed E-state index contributed by atoms with van der Waals surface area (Å²) in [5.74, 6) is -1.72. The largest absolute Gasteiger partial charge is 0.481 e. The average Bonchev–Trinajstić information content (AvgIpc) is 3.19. The number of carbonyl (C=O) groups excluding carboxylic acids is 2. The van der Waals surface area contributed by atoms with Crippen LogP contribution in [0.4, 0.5) is 4.79 Å². The van der Waals surface area contributed by atoms with Crippen LogP contribution in [0.25, 0.3) is 11.1 Å². The van der Waals surface area contributed by atoms with E-state index in [1.807, 2.05) is 55.5 Å². The van der Waals surface area contributed by atoms with Crippen molar-refractivity contribution in [1.29, 1.82) is 0 Å². The van der Waals surface area contributed by atoms with Gasteiger partial charge in [-0.1, -0.05) is 55.5 Å². The van der Waals surface area contributed by atoms with Crippen LogP contribution < -0.4 is 5.32 Å². The zero-order valence-electron chi connectivity index (χ0n) is 19.9. The number of carboxylic acids is 1. The van der Waals surface area contributed by atoms with Crippen LogP contribution in [0.15, 0.2) is 48.5 Å². The molecule has 1 aliphatic carbocycles. The van der Waals surface area contributed by atoms with E-state index in [1.165, 1.54) is 0 Å². The van der Waals surface area contributed by atoms with Crippen LogP contribution in [0.2, 0.25) is 0 Å². The number of likely N-dealkylation sites (tertiary alicyclic amines) is 1. The van der Waals surface area contributed by atoms with Crippen LogP contribution in [0.3, 0.4) is 0 Å². The molecule has 2 aromatic rings. The lowest BCUT2D eigenvalue weighted by Gasteiger charge is -2.34. The van der Waals surface area contributed by atoms with E-state index in [0.29, 0.717) is 19.7 Å². The van der Waals surface area contributed by atoms with Gasteiger partial charge in [0.1, 0.15) is 12.6 Å². The highest BCUT2D eigenvalue weighted by molar-refractivity contribution is 5.89. The number of nitrogens with one attached hydrogen (secondary N) is 1. The molecule has 1 saturated heterocycles. The zero-order chi connectivity index (χ0) is 24.8.